The van der Waals surface area contributed by atoms with Crippen LogP contribution in [0.1, 0.15) is 29.8 Å². The number of primary amides is 1. The summed E-state index contributed by atoms with van der Waals surface area (Å²) in [6.07, 6.45) is 1.08. The van der Waals surface area contributed by atoms with Crippen LogP contribution in [0.3, 0.4) is 0 Å². The average Bonchev–Trinajstić information content (AvgIpc) is 3.03. The molecule has 0 aliphatic rings. The minimum Gasteiger partial charge on any atom is -0.386 e. The molecule has 0 unspecified atom stereocenters. The summed E-state index contributed by atoms with van der Waals surface area (Å²) in [5.41, 5.74) is 4.20. The number of amides is 1. The number of hydrogen-bond donors (Lipinski definition) is 3. The highest BCUT2D eigenvalue weighted by atomic mass is 32.2. The van der Waals surface area contributed by atoms with E-state index in [9.17, 15) is 27.1 Å². The van der Waals surface area contributed by atoms with Gasteiger partial charge in [0.1, 0.15) is 16.6 Å². The third-order valence-corrected chi connectivity index (χ3v) is 6.73. The number of nitrogens with one attached hydrogen (secondary N) is 1. The second-order valence-corrected chi connectivity index (χ2v) is 10.6. The lowest BCUT2D eigenvalue weighted by molar-refractivity contribution is 0.0778. The van der Waals surface area contributed by atoms with Crippen LogP contribution in [0.2, 0.25) is 0 Å². The molecule has 0 saturated heterocycles. The molecule has 1 amide bonds. The molecule has 0 fully saturated rings. The first-order valence-electron chi connectivity index (χ1n) is 9.00. The van der Waals surface area contributed by atoms with E-state index in [0.717, 1.165) is 29.7 Å². The van der Waals surface area contributed by atoms with E-state index in [1.807, 2.05) is 0 Å². The number of thiophene rings is 1. The smallest absolute Gasteiger partial charge is 0.251 e. The van der Waals surface area contributed by atoms with Crippen molar-refractivity contribution in [2.45, 2.75) is 24.3 Å². The highest BCUT2D eigenvalue weighted by molar-refractivity contribution is 7.90. The van der Waals surface area contributed by atoms with Crippen molar-refractivity contribution in [3.8, 4) is 10.4 Å². The van der Waals surface area contributed by atoms with Gasteiger partial charge >= 0.3 is 0 Å². The summed E-state index contributed by atoms with van der Waals surface area (Å²) >= 11 is 0.915. The minimum absolute atomic E-state index is 0.0255. The number of hydrogen-bond acceptors (Lipinski definition) is 6. The zero-order valence-electron chi connectivity index (χ0n) is 16.9. The molecular weight excluding hydrogens is 446 g/mol. The third kappa shape index (κ3) is 4.92. The number of anilines is 2. The van der Waals surface area contributed by atoms with Crippen molar-refractivity contribution in [2.75, 3.05) is 11.6 Å². The topological polar surface area (TPSA) is 109 Å². The van der Waals surface area contributed by atoms with E-state index < -0.39 is 33.0 Å². The van der Waals surface area contributed by atoms with Gasteiger partial charge in [0.05, 0.1) is 21.6 Å². The van der Waals surface area contributed by atoms with Crippen LogP contribution in [0.15, 0.2) is 47.4 Å². The Kier molecular flexibility index (Phi) is 5.92. The Labute approximate surface area is 182 Å². The Morgan fingerprint density at radius 1 is 1.10 bits per heavy atom. The molecule has 0 saturated carbocycles. The minimum atomic E-state index is -3.37. The number of sulfone groups is 1. The molecular formula is C21H20F2N2O4S2. The monoisotopic (exact) mass is 466 g/mol. The summed E-state index contributed by atoms with van der Waals surface area (Å²) in [6, 6.07) is 9.15. The first kappa shape index (κ1) is 22.9. The highest BCUT2D eigenvalue weighted by Gasteiger charge is 2.24. The molecule has 10 heteroatoms. The fourth-order valence-electron chi connectivity index (χ4n) is 2.87. The van der Waals surface area contributed by atoms with Crippen molar-refractivity contribution in [1.82, 2.24) is 0 Å². The lowest BCUT2D eigenvalue weighted by atomic mass is 9.96. The summed E-state index contributed by atoms with van der Waals surface area (Å²) in [7, 11) is -3.37. The summed E-state index contributed by atoms with van der Waals surface area (Å²) in [4.78, 5) is 12.1. The lowest BCUT2D eigenvalue weighted by Gasteiger charge is -2.18. The Morgan fingerprint density at radius 3 is 2.10 bits per heavy atom. The van der Waals surface area contributed by atoms with Crippen molar-refractivity contribution >= 4 is 37.8 Å². The molecule has 164 valence electrons. The van der Waals surface area contributed by atoms with Crippen LogP contribution >= 0.6 is 11.3 Å². The predicted octanol–water partition coefficient (Wildman–Crippen LogP) is 4.17. The third-order valence-electron chi connectivity index (χ3n) is 4.53. The van der Waals surface area contributed by atoms with Crippen LogP contribution in [0, 0.1) is 11.6 Å². The molecule has 31 heavy (non-hydrogen) atoms. The Morgan fingerprint density at radius 2 is 1.65 bits per heavy atom. The molecule has 2 aromatic carbocycles. The van der Waals surface area contributed by atoms with E-state index >= 15 is 0 Å². The molecule has 0 aliphatic carbocycles. The molecule has 3 rings (SSSR count). The number of carbonyl (C=O) groups is 1. The zero-order chi connectivity index (χ0) is 23.1. The predicted molar refractivity (Wildman–Crippen MR) is 116 cm³/mol. The lowest BCUT2D eigenvalue weighted by Crippen LogP contribution is -2.16. The van der Waals surface area contributed by atoms with Crippen LogP contribution in [-0.2, 0) is 15.4 Å². The second-order valence-electron chi connectivity index (χ2n) is 7.51. The number of aliphatic hydroxyl groups is 1. The highest BCUT2D eigenvalue weighted by Crippen LogP contribution is 2.40. The Balaban J connectivity index is 2.03. The maximum atomic E-state index is 14.7. The summed E-state index contributed by atoms with van der Waals surface area (Å²) in [6.45, 7) is 2.82. The fourth-order valence-corrected chi connectivity index (χ4v) is 4.63. The van der Waals surface area contributed by atoms with Gasteiger partial charge in [-0.05, 0) is 61.9 Å². The van der Waals surface area contributed by atoms with Gasteiger partial charge < -0.3 is 16.2 Å². The molecule has 0 bridgehead atoms. The molecule has 3 aromatic rings. The molecule has 6 nitrogen and oxygen atoms in total. The van der Waals surface area contributed by atoms with Gasteiger partial charge in [-0.25, -0.2) is 17.2 Å². The maximum Gasteiger partial charge on any atom is 0.251 e. The summed E-state index contributed by atoms with van der Waals surface area (Å²) in [5.74, 6) is -2.58. The van der Waals surface area contributed by atoms with Gasteiger partial charge in [0.15, 0.2) is 9.84 Å². The Bertz CT molecular complexity index is 1240. The second kappa shape index (κ2) is 8.03. The van der Waals surface area contributed by atoms with Gasteiger partial charge in [0.25, 0.3) is 5.91 Å². The number of halogens is 2. The van der Waals surface area contributed by atoms with Gasteiger partial charge in [-0.3, -0.25) is 4.79 Å². The van der Waals surface area contributed by atoms with E-state index in [1.54, 1.807) is 0 Å². The van der Waals surface area contributed by atoms with Crippen LogP contribution in [-0.4, -0.2) is 25.7 Å². The molecule has 1 heterocycles. The molecule has 0 aliphatic heterocycles. The van der Waals surface area contributed by atoms with Gasteiger partial charge in [0.2, 0.25) is 0 Å². The standard InChI is InChI=1S/C21H20F2N2O4S2/c1-21(2,27)11-8-15(22)18(16(23)9-11)17-10-14(19(24)26)20(30-17)25-12-4-6-13(7-5-12)31(3,28)29/h4-10,25,27H,1-3H3,(H2,24,26). The summed E-state index contributed by atoms with van der Waals surface area (Å²) in [5, 5.41) is 13.2. The molecule has 0 atom stereocenters. The first-order valence-corrected chi connectivity index (χ1v) is 11.7. The number of carbonyl (C=O) groups excluding carboxylic acids is 1. The van der Waals surface area contributed by atoms with Gasteiger partial charge in [0, 0.05) is 16.8 Å². The van der Waals surface area contributed by atoms with E-state index in [0.29, 0.717) is 5.69 Å². The van der Waals surface area contributed by atoms with Gasteiger partial charge in [-0.2, -0.15) is 0 Å². The molecule has 0 spiro atoms. The SMILES string of the molecule is CC(C)(O)c1cc(F)c(-c2cc(C(N)=O)c(Nc3ccc(S(C)(=O)=O)cc3)s2)c(F)c1. The zero-order valence-corrected chi connectivity index (χ0v) is 18.5. The van der Waals surface area contributed by atoms with Crippen LogP contribution in [0.5, 0.6) is 0 Å². The normalized spacial score (nSPS) is 12.1. The fraction of sp³-hybridized carbons (Fsp3) is 0.190. The number of rotatable bonds is 6. The van der Waals surface area contributed by atoms with Crippen LogP contribution in [0.25, 0.3) is 10.4 Å². The van der Waals surface area contributed by atoms with Crippen molar-refractivity contribution < 1.29 is 27.1 Å². The van der Waals surface area contributed by atoms with E-state index in [1.165, 1.54) is 44.2 Å². The van der Waals surface area contributed by atoms with Crippen LogP contribution < -0.4 is 11.1 Å². The number of benzene rings is 2. The Hall–Kier alpha value is -2.82. The van der Waals surface area contributed by atoms with Crippen molar-refractivity contribution in [3.63, 3.8) is 0 Å². The summed E-state index contributed by atoms with van der Waals surface area (Å²) < 4.78 is 52.6. The van der Waals surface area contributed by atoms with Crippen molar-refractivity contribution in [1.29, 1.82) is 0 Å². The number of nitrogens with two attached hydrogens (primary N) is 1. The maximum absolute atomic E-state index is 14.7. The van der Waals surface area contributed by atoms with E-state index in [4.69, 9.17) is 5.73 Å². The first-order chi connectivity index (χ1) is 14.3. The van der Waals surface area contributed by atoms with Gasteiger partial charge in [-0.1, -0.05) is 0 Å². The molecule has 4 N–H and O–H groups in total. The van der Waals surface area contributed by atoms with Gasteiger partial charge in [-0.15, -0.1) is 11.3 Å². The molecule has 1 aromatic heterocycles. The van der Waals surface area contributed by atoms with Crippen molar-refractivity contribution in [2.24, 2.45) is 5.73 Å². The van der Waals surface area contributed by atoms with Crippen LogP contribution in [0.4, 0.5) is 19.5 Å². The molecule has 0 radical (unpaired) electrons. The quantitative estimate of drug-likeness (QED) is 0.505. The van der Waals surface area contributed by atoms with Crippen molar-refractivity contribution in [3.05, 3.63) is 65.2 Å². The van der Waals surface area contributed by atoms with E-state index in [-0.39, 0.29) is 31.5 Å². The van der Waals surface area contributed by atoms with E-state index in [2.05, 4.69) is 5.32 Å². The average molecular weight is 467 g/mol. The largest absolute Gasteiger partial charge is 0.386 e.